The molecule has 0 spiro atoms. The van der Waals surface area contributed by atoms with Crippen molar-refractivity contribution in [1.29, 1.82) is 0 Å². The Hall–Kier alpha value is -1.84. The van der Waals surface area contributed by atoms with E-state index >= 15 is 0 Å². The number of hydrogen-bond acceptors (Lipinski definition) is 2. The summed E-state index contributed by atoms with van der Waals surface area (Å²) in [7, 11) is 0. The van der Waals surface area contributed by atoms with Crippen molar-refractivity contribution in [3.8, 4) is 0 Å². The molecule has 0 aliphatic heterocycles. The van der Waals surface area contributed by atoms with Crippen molar-refractivity contribution in [3.63, 3.8) is 0 Å². The quantitative estimate of drug-likeness (QED) is 0.843. The fourth-order valence-corrected chi connectivity index (χ4v) is 2.18. The van der Waals surface area contributed by atoms with E-state index in [0.717, 1.165) is 16.8 Å². The van der Waals surface area contributed by atoms with Crippen molar-refractivity contribution >= 4 is 17.5 Å². The first-order chi connectivity index (χ1) is 9.86. The average molecular weight is 290 g/mol. The zero-order valence-corrected chi connectivity index (χ0v) is 13.6. The van der Waals surface area contributed by atoms with Crippen LogP contribution < -0.4 is 10.6 Å². The van der Waals surface area contributed by atoms with Crippen LogP contribution in [0.3, 0.4) is 0 Å². The van der Waals surface area contributed by atoms with Crippen LogP contribution in [0.2, 0.25) is 0 Å². The van der Waals surface area contributed by atoms with Gasteiger partial charge in [0.1, 0.15) is 0 Å². The molecule has 116 valence electrons. The number of nitrogens with one attached hydrogen (secondary N) is 2. The van der Waals surface area contributed by atoms with Gasteiger partial charge in [0, 0.05) is 12.1 Å². The summed E-state index contributed by atoms with van der Waals surface area (Å²) in [6.45, 7) is 10.2. The maximum absolute atomic E-state index is 12.1. The van der Waals surface area contributed by atoms with E-state index in [9.17, 15) is 9.59 Å². The topological polar surface area (TPSA) is 58.2 Å². The van der Waals surface area contributed by atoms with Crippen LogP contribution >= 0.6 is 0 Å². The predicted octanol–water partition coefficient (Wildman–Crippen LogP) is 3.40. The molecule has 0 saturated heterocycles. The molecule has 1 aromatic carbocycles. The fourth-order valence-electron chi connectivity index (χ4n) is 2.18. The Balaban J connectivity index is 2.94. The number of carbonyl (C=O) groups is 2. The molecule has 0 unspecified atom stereocenters. The number of carbonyl (C=O) groups excluding carboxylic acids is 2. The number of amides is 2. The van der Waals surface area contributed by atoms with E-state index in [-0.39, 0.29) is 18.4 Å². The first kappa shape index (κ1) is 17.2. The molecule has 0 aliphatic carbocycles. The molecule has 4 heteroatoms. The largest absolute Gasteiger partial charge is 0.347 e. The lowest BCUT2D eigenvalue weighted by Crippen LogP contribution is -2.32. The molecule has 4 nitrogen and oxygen atoms in total. The van der Waals surface area contributed by atoms with Crippen molar-refractivity contribution in [2.75, 3.05) is 11.9 Å². The molecule has 1 aromatic rings. The average Bonchev–Trinajstić information content (AvgIpc) is 2.44. The van der Waals surface area contributed by atoms with Gasteiger partial charge in [-0.3, -0.25) is 9.59 Å². The van der Waals surface area contributed by atoms with Crippen LogP contribution in [0.5, 0.6) is 0 Å². The third-order valence-corrected chi connectivity index (χ3v) is 3.40. The third kappa shape index (κ3) is 4.88. The molecule has 21 heavy (non-hydrogen) atoms. The van der Waals surface area contributed by atoms with Crippen LogP contribution in [0.15, 0.2) is 18.2 Å². The Labute approximate surface area is 127 Å². The second-order valence-electron chi connectivity index (χ2n) is 5.80. The number of para-hydroxylation sites is 1. The molecule has 0 aromatic heterocycles. The maximum Gasteiger partial charge on any atom is 0.243 e. The van der Waals surface area contributed by atoms with Gasteiger partial charge >= 0.3 is 0 Å². The van der Waals surface area contributed by atoms with Crippen molar-refractivity contribution in [3.05, 3.63) is 29.3 Å². The van der Waals surface area contributed by atoms with Gasteiger partial charge in [-0.15, -0.1) is 0 Å². The van der Waals surface area contributed by atoms with Crippen LogP contribution in [0.25, 0.3) is 0 Å². The predicted molar refractivity (Wildman–Crippen MR) is 86.6 cm³/mol. The van der Waals surface area contributed by atoms with Crippen LogP contribution in [-0.2, 0) is 9.59 Å². The zero-order chi connectivity index (χ0) is 16.0. The molecule has 0 bridgehead atoms. The first-order valence-corrected chi connectivity index (χ1v) is 7.56. The van der Waals surface area contributed by atoms with Crippen molar-refractivity contribution < 1.29 is 9.59 Å². The van der Waals surface area contributed by atoms with Gasteiger partial charge in [0.2, 0.25) is 11.8 Å². The van der Waals surface area contributed by atoms with Crippen LogP contribution in [-0.4, -0.2) is 18.4 Å². The summed E-state index contributed by atoms with van der Waals surface area (Å²) in [4.78, 5) is 23.3. The Morgan fingerprint density at radius 3 is 1.95 bits per heavy atom. The monoisotopic (exact) mass is 290 g/mol. The molecule has 2 N–H and O–H groups in total. The Morgan fingerprint density at radius 1 is 1.00 bits per heavy atom. The lowest BCUT2D eigenvalue weighted by molar-refractivity contribution is -0.123. The molecule has 0 radical (unpaired) electrons. The summed E-state index contributed by atoms with van der Waals surface area (Å²) in [6.07, 6.45) is 0.382. The van der Waals surface area contributed by atoms with Gasteiger partial charge in [-0.25, -0.2) is 0 Å². The number of benzene rings is 1. The summed E-state index contributed by atoms with van der Waals surface area (Å²) in [5, 5.41) is 5.57. The second-order valence-corrected chi connectivity index (χ2v) is 5.80. The van der Waals surface area contributed by atoms with E-state index < -0.39 is 0 Å². The minimum absolute atomic E-state index is 0.0106. The zero-order valence-electron chi connectivity index (χ0n) is 13.6. The normalized spacial score (nSPS) is 10.8. The SMILES string of the molecule is CCC(=O)NCC(=O)Nc1c(C(C)C)cccc1C(C)C. The highest BCUT2D eigenvalue weighted by molar-refractivity contribution is 5.96. The number of hydrogen-bond donors (Lipinski definition) is 2. The van der Waals surface area contributed by atoms with E-state index in [2.05, 4.69) is 38.3 Å². The van der Waals surface area contributed by atoms with Crippen molar-refractivity contribution in [2.24, 2.45) is 0 Å². The van der Waals surface area contributed by atoms with E-state index in [1.54, 1.807) is 6.92 Å². The molecule has 2 amide bonds. The van der Waals surface area contributed by atoms with E-state index in [0.29, 0.717) is 18.3 Å². The molecular formula is C17H26N2O2. The highest BCUT2D eigenvalue weighted by atomic mass is 16.2. The van der Waals surface area contributed by atoms with Crippen LogP contribution in [0.1, 0.15) is 64.0 Å². The lowest BCUT2D eigenvalue weighted by Gasteiger charge is -2.20. The summed E-state index contributed by atoms with van der Waals surface area (Å²) in [6, 6.07) is 6.10. The minimum atomic E-state index is -0.188. The van der Waals surface area contributed by atoms with Gasteiger partial charge in [0.15, 0.2) is 0 Å². The van der Waals surface area contributed by atoms with Crippen molar-refractivity contribution in [2.45, 2.75) is 52.9 Å². The molecule has 0 fully saturated rings. The summed E-state index contributed by atoms with van der Waals surface area (Å²) < 4.78 is 0. The Bertz CT molecular complexity index is 481. The Morgan fingerprint density at radius 2 is 1.52 bits per heavy atom. The van der Waals surface area contributed by atoms with E-state index in [4.69, 9.17) is 0 Å². The summed E-state index contributed by atoms with van der Waals surface area (Å²) in [5.74, 6) is 0.339. The lowest BCUT2D eigenvalue weighted by atomic mass is 9.92. The summed E-state index contributed by atoms with van der Waals surface area (Å²) in [5.41, 5.74) is 3.13. The highest BCUT2D eigenvalue weighted by Gasteiger charge is 2.15. The summed E-state index contributed by atoms with van der Waals surface area (Å²) >= 11 is 0. The minimum Gasteiger partial charge on any atom is -0.347 e. The van der Waals surface area contributed by atoms with E-state index in [1.165, 1.54) is 0 Å². The van der Waals surface area contributed by atoms with Gasteiger partial charge < -0.3 is 10.6 Å². The van der Waals surface area contributed by atoms with Crippen LogP contribution in [0.4, 0.5) is 5.69 Å². The van der Waals surface area contributed by atoms with Gasteiger partial charge in [0.25, 0.3) is 0 Å². The Kier molecular flexibility index (Phi) is 6.40. The van der Waals surface area contributed by atoms with Gasteiger partial charge in [-0.05, 0) is 23.0 Å². The molecule has 0 aliphatic rings. The number of rotatable bonds is 6. The van der Waals surface area contributed by atoms with Gasteiger partial charge in [-0.2, -0.15) is 0 Å². The molecule has 1 rings (SSSR count). The maximum atomic E-state index is 12.1. The highest BCUT2D eigenvalue weighted by Crippen LogP contribution is 2.32. The first-order valence-electron chi connectivity index (χ1n) is 7.56. The standard InChI is InChI=1S/C17H26N2O2/c1-6-15(20)18-10-16(21)19-17-13(11(2)3)8-7-9-14(17)12(4)5/h7-9,11-12H,6,10H2,1-5H3,(H,18,20)(H,19,21). The number of anilines is 1. The second kappa shape index (κ2) is 7.81. The van der Waals surface area contributed by atoms with Crippen molar-refractivity contribution in [1.82, 2.24) is 5.32 Å². The van der Waals surface area contributed by atoms with Crippen LogP contribution in [0, 0.1) is 0 Å². The molecular weight excluding hydrogens is 264 g/mol. The molecule has 0 heterocycles. The molecule has 0 atom stereocenters. The molecule has 0 saturated carbocycles. The van der Waals surface area contributed by atoms with Gasteiger partial charge in [0.05, 0.1) is 6.54 Å². The van der Waals surface area contributed by atoms with E-state index in [1.807, 2.05) is 18.2 Å². The smallest absolute Gasteiger partial charge is 0.243 e. The third-order valence-electron chi connectivity index (χ3n) is 3.40. The van der Waals surface area contributed by atoms with Gasteiger partial charge in [-0.1, -0.05) is 52.8 Å². The fraction of sp³-hybridized carbons (Fsp3) is 0.529.